The molecule has 0 radical (unpaired) electrons. The molecule has 2 aliphatic heterocycles. The van der Waals surface area contributed by atoms with Crippen LogP contribution in [-0.2, 0) is 11.3 Å². The summed E-state index contributed by atoms with van der Waals surface area (Å²) in [7, 11) is 1.60. The highest BCUT2D eigenvalue weighted by Gasteiger charge is 2.38. The number of hydrogen-bond donors (Lipinski definition) is 4. The Kier molecular flexibility index (Phi) is 8.48. The van der Waals surface area contributed by atoms with Gasteiger partial charge in [-0.05, 0) is 39.3 Å². The summed E-state index contributed by atoms with van der Waals surface area (Å²) in [6, 6.07) is 0. The van der Waals surface area contributed by atoms with Crippen LogP contribution in [0.15, 0.2) is 6.20 Å². The van der Waals surface area contributed by atoms with Crippen LogP contribution >= 0.6 is 11.6 Å². The van der Waals surface area contributed by atoms with Gasteiger partial charge in [-0.2, -0.15) is 4.98 Å². The van der Waals surface area contributed by atoms with E-state index in [0.29, 0.717) is 51.9 Å². The van der Waals surface area contributed by atoms with Crippen molar-refractivity contribution in [2.75, 3.05) is 57.0 Å². The van der Waals surface area contributed by atoms with E-state index in [4.69, 9.17) is 22.1 Å². The van der Waals surface area contributed by atoms with Crippen LogP contribution in [0.5, 0.6) is 5.75 Å². The molecule has 0 saturated carbocycles. The Bertz CT molecular complexity index is 1580. The van der Waals surface area contributed by atoms with Crippen molar-refractivity contribution in [3.05, 3.63) is 56.2 Å². The third-order valence-corrected chi connectivity index (χ3v) is 8.11. The monoisotopic (exact) mass is 593 g/mol. The van der Waals surface area contributed by atoms with Gasteiger partial charge >= 0.3 is 0 Å². The fraction of sp³-hybridized carbons (Fsp3) is 0.414. The first kappa shape index (κ1) is 29.5. The van der Waals surface area contributed by atoms with Gasteiger partial charge in [0.1, 0.15) is 10.9 Å². The molecule has 0 bridgehead atoms. The molecule has 12 nitrogen and oxygen atoms in total. The number of carbonyl (C=O) groups excluding carboxylic acids is 2. The average Bonchev–Trinajstić information content (AvgIpc) is 3.38. The first-order valence-electron chi connectivity index (χ1n) is 13.9. The van der Waals surface area contributed by atoms with Crippen molar-refractivity contribution in [2.45, 2.75) is 34.2 Å². The fourth-order valence-electron chi connectivity index (χ4n) is 5.63. The van der Waals surface area contributed by atoms with Crippen molar-refractivity contribution in [2.24, 2.45) is 0 Å². The van der Waals surface area contributed by atoms with Gasteiger partial charge in [0, 0.05) is 68.0 Å². The van der Waals surface area contributed by atoms with Crippen molar-refractivity contribution >= 4 is 46.8 Å². The number of aromatic amines is 1. The van der Waals surface area contributed by atoms with Crippen LogP contribution in [0, 0.1) is 27.7 Å². The molecule has 5 N–H and O–H groups in total. The van der Waals surface area contributed by atoms with E-state index in [2.05, 4.69) is 35.5 Å². The van der Waals surface area contributed by atoms with Crippen LogP contribution in [-0.4, -0.2) is 83.0 Å². The minimum atomic E-state index is -0.332. The van der Waals surface area contributed by atoms with Crippen molar-refractivity contribution < 1.29 is 14.3 Å². The lowest BCUT2D eigenvalue weighted by atomic mass is 10.1. The first-order valence-corrected chi connectivity index (χ1v) is 14.2. The highest BCUT2D eigenvalue weighted by molar-refractivity contribution is 6.41. The number of nitrogens with one attached hydrogen (secondary N) is 3. The van der Waals surface area contributed by atoms with Gasteiger partial charge in [0.15, 0.2) is 5.82 Å². The van der Waals surface area contributed by atoms with Gasteiger partial charge in [0.05, 0.1) is 36.0 Å². The summed E-state index contributed by atoms with van der Waals surface area (Å²) in [6.45, 7) is 12.8. The Morgan fingerprint density at radius 1 is 1.19 bits per heavy atom. The van der Waals surface area contributed by atoms with E-state index in [9.17, 15) is 9.59 Å². The number of halogens is 1. The lowest BCUT2D eigenvalue weighted by Gasteiger charge is -2.27. The lowest BCUT2D eigenvalue weighted by molar-refractivity contribution is -0.113. The number of H-pyrrole nitrogens is 1. The van der Waals surface area contributed by atoms with Gasteiger partial charge in [-0.3, -0.25) is 24.4 Å². The molecule has 5 rings (SSSR count). The number of nitrogen functional groups attached to an aromatic ring is 1. The summed E-state index contributed by atoms with van der Waals surface area (Å²) in [4.78, 5) is 47.2. The standard InChI is InChI=1S/C29H36ClN9O3/c1-15-13-34-21(17(3)24(15)42-5)14-39-26-23(25(30)36-29(31)37-26)19(28(39)41)12-20-16(2)22(18(4)35-20)27(40)33-8-11-38-9-6-32-7-10-38/h12-13,32,35H,6-11,14H2,1-5H3,(H,33,40)(H2,31,36,37)/b19-12-. The smallest absolute Gasteiger partial charge is 0.260 e. The highest BCUT2D eigenvalue weighted by Crippen LogP contribution is 2.42. The Balaban J connectivity index is 1.45. The normalized spacial score (nSPS) is 16.3. The number of amides is 2. The molecular formula is C29H36ClN9O3. The molecule has 0 unspecified atom stereocenters. The molecule has 1 fully saturated rings. The molecule has 13 heteroatoms. The maximum absolute atomic E-state index is 13.9. The fourth-order valence-corrected chi connectivity index (χ4v) is 5.90. The predicted octanol–water partition coefficient (Wildman–Crippen LogP) is 2.40. The van der Waals surface area contributed by atoms with E-state index in [1.807, 2.05) is 27.7 Å². The number of aryl methyl sites for hydroxylation is 2. The van der Waals surface area contributed by atoms with Crippen LogP contribution < -0.4 is 26.0 Å². The number of ether oxygens (including phenoxy) is 1. The second kappa shape index (κ2) is 12.1. The number of nitrogens with two attached hydrogens (primary N) is 1. The number of hydrogen-bond acceptors (Lipinski definition) is 9. The zero-order valence-electron chi connectivity index (χ0n) is 24.5. The first-order chi connectivity index (χ1) is 20.1. The van der Waals surface area contributed by atoms with E-state index in [1.165, 1.54) is 4.90 Å². The Labute approximate surface area is 249 Å². The molecule has 2 aliphatic rings. The van der Waals surface area contributed by atoms with Crippen LogP contribution in [0.1, 0.15) is 49.7 Å². The van der Waals surface area contributed by atoms with E-state index < -0.39 is 0 Å². The summed E-state index contributed by atoms with van der Waals surface area (Å²) in [5, 5.41) is 6.44. The number of pyridine rings is 1. The maximum atomic E-state index is 13.9. The molecule has 2 amide bonds. The van der Waals surface area contributed by atoms with Gasteiger partial charge in [-0.15, -0.1) is 0 Å². The predicted molar refractivity (Wildman–Crippen MR) is 163 cm³/mol. The van der Waals surface area contributed by atoms with E-state index in [-0.39, 0.29) is 29.5 Å². The van der Waals surface area contributed by atoms with Crippen LogP contribution in [0.2, 0.25) is 5.15 Å². The third-order valence-electron chi connectivity index (χ3n) is 7.84. The number of anilines is 2. The third kappa shape index (κ3) is 5.57. The van der Waals surface area contributed by atoms with Crippen LogP contribution in [0.4, 0.5) is 11.8 Å². The minimum Gasteiger partial charge on any atom is -0.496 e. The van der Waals surface area contributed by atoms with Gasteiger partial charge in [0.2, 0.25) is 5.95 Å². The summed E-state index contributed by atoms with van der Waals surface area (Å²) in [5.74, 6) is 0.470. The van der Waals surface area contributed by atoms with Crippen molar-refractivity contribution in [3.63, 3.8) is 0 Å². The number of fused-ring (bicyclic) bond motifs is 1. The molecule has 0 aromatic carbocycles. The van der Waals surface area contributed by atoms with Crippen LogP contribution in [0.25, 0.3) is 11.6 Å². The average molecular weight is 594 g/mol. The number of carbonyl (C=O) groups is 2. The molecule has 0 spiro atoms. The van der Waals surface area contributed by atoms with Crippen molar-refractivity contribution in [3.8, 4) is 5.75 Å². The summed E-state index contributed by atoms with van der Waals surface area (Å²) < 4.78 is 5.55. The quantitative estimate of drug-likeness (QED) is 0.228. The maximum Gasteiger partial charge on any atom is 0.260 e. The molecule has 5 heterocycles. The van der Waals surface area contributed by atoms with Crippen molar-refractivity contribution in [1.29, 1.82) is 0 Å². The topological polar surface area (TPSA) is 154 Å². The number of aromatic nitrogens is 4. The molecule has 222 valence electrons. The van der Waals surface area contributed by atoms with E-state index >= 15 is 0 Å². The molecule has 0 atom stereocenters. The van der Waals surface area contributed by atoms with Gasteiger partial charge in [-0.1, -0.05) is 11.6 Å². The van der Waals surface area contributed by atoms with Gasteiger partial charge in [-0.25, -0.2) is 4.98 Å². The molecular weight excluding hydrogens is 558 g/mol. The highest BCUT2D eigenvalue weighted by atomic mass is 35.5. The second-order valence-electron chi connectivity index (χ2n) is 10.6. The molecule has 3 aromatic rings. The summed E-state index contributed by atoms with van der Waals surface area (Å²) >= 11 is 6.55. The molecule has 42 heavy (non-hydrogen) atoms. The largest absolute Gasteiger partial charge is 0.496 e. The number of methoxy groups -OCH3 is 1. The van der Waals surface area contributed by atoms with Crippen molar-refractivity contribution in [1.82, 2.24) is 35.5 Å². The lowest BCUT2D eigenvalue weighted by Crippen LogP contribution is -2.46. The number of rotatable bonds is 8. The van der Waals surface area contributed by atoms with Gasteiger partial charge in [0.25, 0.3) is 11.8 Å². The second-order valence-corrected chi connectivity index (χ2v) is 10.9. The Morgan fingerprint density at radius 2 is 1.93 bits per heavy atom. The zero-order valence-corrected chi connectivity index (χ0v) is 25.3. The SMILES string of the molecule is COc1c(C)cnc(CN2C(=O)/C(=C\c3[nH]c(C)c(C(=O)NCCN4CCNCC4)c3C)c3c(Cl)nc(N)nc32)c1C. The molecule has 3 aromatic heterocycles. The summed E-state index contributed by atoms with van der Waals surface area (Å²) in [5.41, 5.74) is 11.6. The van der Waals surface area contributed by atoms with Crippen LogP contribution in [0.3, 0.4) is 0 Å². The number of piperazine rings is 1. The Hall–Kier alpha value is -4.00. The minimum absolute atomic E-state index is 0.0457. The van der Waals surface area contributed by atoms with E-state index in [1.54, 1.807) is 19.4 Å². The van der Waals surface area contributed by atoms with E-state index in [0.717, 1.165) is 49.4 Å². The molecule has 1 saturated heterocycles. The Morgan fingerprint density at radius 3 is 2.64 bits per heavy atom. The number of nitrogens with zero attached hydrogens (tertiary/aromatic N) is 5. The summed E-state index contributed by atoms with van der Waals surface area (Å²) in [6.07, 6.45) is 3.41. The zero-order chi connectivity index (χ0) is 30.1. The van der Waals surface area contributed by atoms with Gasteiger partial charge < -0.3 is 26.1 Å². The molecule has 0 aliphatic carbocycles.